The fourth-order valence-electron chi connectivity index (χ4n) is 4.72. The van der Waals surface area contributed by atoms with Crippen LogP contribution in [0.4, 0.5) is 13.2 Å². The molecule has 0 bridgehead atoms. The average Bonchev–Trinajstić information content (AvgIpc) is 2.66. The van der Waals surface area contributed by atoms with Crippen molar-refractivity contribution in [3.05, 3.63) is 59.7 Å². The highest BCUT2D eigenvalue weighted by molar-refractivity contribution is 5.27. The minimum absolute atomic E-state index is 0.427. The van der Waals surface area contributed by atoms with E-state index < -0.39 is 11.7 Å². The molecule has 1 fully saturated rings. The number of rotatable bonds is 5. The Hall–Kier alpha value is -1.51. The maximum Gasteiger partial charge on any atom is 0.416 e. The summed E-state index contributed by atoms with van der Waals surface area (Å²) in [5.74, 6) is 2.02. The lowest BCUT2D eigenvalue weighted by molar-refractivity contribution is -0.137. The molecule has 1 aromatic rings. The predicted molar refractivity (Wildman–Crippen MR) is 101 cm³/mol. The molecular formula is C23H29F3. The second-order valence-electron chi connectivity index (χ2n) is 7.96. The van der Waals surface area contributed by atoms with Crippen LogP contribution in [0.25, 0.3) is 0 Å². The van der Waals surface area contributed by atoms with Gasteiger partial charge in [-0.1, -0.05) is 29.9 Å². The molecule has 0 saturated heterocycles. The van der Waals surface area contributed by atoms with Gasteiger partial charge in [0, 0.05) is 0 Å². The molecule has 26 heavy (non-hydrogen) atoms. The third kappa shape index (κ3) is 4.81. The summed E-state index contributed by atoms with van der Waals surface area (Å²) in [5, 5.41) is 0. The van der Waals surface area contributed by atoms with Gasteiger partial charge >= 0.3 is 6.18 Å². The van der Waals surface area contributed by atoms with Crippen LogP contribution >= 0.6 is 0 Å². The zero-order chi connectivity index (χ0) is 18.6. The van der Waals surface area contributed by atoms with Gasteiger partial charge in [-0.25, -0.2) is 0 Å². The first kappa shape index (κ1) is 19.3. The lowest BCUT2D eigenvalue weighted by atomic mass is 9.70. The van der Waals surface area contributed by atoms with Crippen LogP contribution in [0.1, 0.15) is 74.8 Å². The van der Waals surface area contributed by atoms with Gasteiger partial charge in [-0.15, -0.1) is 6.58 Å². The van der Waals surface area contributed by atoms with E-state index >= 15 is 0 Å². The lowest BCUT2D eigenvalue weighted by Gasteiger charge is -2.35. The third-order valence-electron chi connectivity index (χ3n) is 6.36. The molecule has 0 amide bonds. The van der Waals surface area contributed by atoms with E-state index in [0.29, 0.717) is 5.92 Å². The molecule has 0 aliphatic heterocycles. The topological polar surface area (TPSA) is 0 Å². The Bertz CT molecular complexity index is 616. The highest BCUT2D eigenvalue weighted by Crippen LogP contribution is 2.43. The minimum atomic E-state index is -4.24. The van der Waals surface area contributed by atoms with Crippen molar-refractivity contribution in [2.75, 3.05) is 0 Å². The molecule has 142 valence electrons. The molecule has 0 radical (unpaired) electrons. The van der Waals surface area contributed by atoms with Gasteiger partial charge in [-0.3, -0.25) is 0 Å². The van der Waals surface area contributed by atoms with E-state index in [1.165, 1.54) is 44.2 Å². The predicted octanol–water partition coefficient (Wildman–Crippen LogP) is 7.67. The first-order chi connectivity index (χ1) is 12.5. The highest BCUT2D eigenvalue weighted by atomic mass is 19.4. The van der Waals surface area contributed by atoms with Gasteiger partial charge in [0.05, 0.1) is 5.56 Å². The van der Waals surface area contributed by atoms with Crippen LogP contribution in [-0.2, 0) is 6.18 Å². The third-order valence-corrected chi connectivity index (χ3v) is 6.36. The Morgan fingerprint density at radius 1 is 0.962 bits per heavy atom. The van der Waals surface area contributed by atoms with Crippen molar-refractivity contribution < 1.29 is 13.2 Å². The monoisotopic (exact) mass is 362 g/mol. The van der Waals surface area contributed by atoms with Crippen LogP contribution in [0, 0.1) is 11.8 Å². The van der Waals surface area contributed by atoms with E-state index in [-0.39, 0.29) is 0 Å². The zero-order valence-corrected chi connectivity index (χ0v) is 15.4. The van der Waals surface area contributed by atoms with Gasteiger partial charge in [-0.05, 0) is 93.2 Å². The van der Waals surface area contributed by atoms with Gasteiger partial charge in [0.1, 0.15) is 0 Å². The second-order valence-corrected chi connectivity index (χ2v) is 7.96. The average molecular weight is 362 g/mol. The molecule has 1 atom stereocenters. The molecule has 1 unspecified atom stereocenters. The molecule has 0 N–H and O–H groups in total. The van der Waals surface area contributed by atoms with Crippen molar-refractivity contribution in [1.29, 1.82) is 0 Å². The SMILES string of the molecule is C=CCCC1=CCC(C2CCC(c3ccc(C(F)(F)F)cc3)CC2)CC1. The fraction of sp³-hybridized carbons (Fsp3) is 0.565. The maximum atomic E-state index is 12.7. The van der Waals surface area contributed by atoms with Gasteiger partial charge in [-0.2, -0.15) is 13.2 Å². The van der Waals surface area contributed by atoms with Crippen molar-refractivity contribution in [3.63, 3.8) is 0 Å². The van der Waals surface area contributed by atoms with Gasteiger partial charge in [0.15, 0.2) is 0 Å². The number of allylic oxidation sites excluding steroid dienone is 3. The second kappa shape index (κ2) is 8.45. The van der Waals surface area contributed by atoms with E-state index in [9.17, 15) is 13.2 Å². The van der Waals surface area contributed by atoms with Gasteiger partial charge < -0.3 is 0 Å². The Labute approximate surface area is 155 Å². The number of halogens is 3. The van der Waals surface area contributed by atoms with Crippen LogP contribution < -0.4 is 0 Å². The van der Waals surface area contributed by atoms with Crippen LogP contribution in [0.5, 0.6) is 0 Å². The smallest absolute Gasteiger partial charge is 0.166 e. The Balaban J connectivity index is 1.50. The number of hydrogen-bond acceptors (Lipinski definition) is 0. The molecule has 0 nitrogen and oxygen atoms in total. The summed E-state index contributed by atoms with van der Waals surface area (Å²) in [4.78, 5) is 0. The first-order valence-electron chi connectivity index (χ1n) is 9.93. The molecule has 2 aliphatic rings. The van der Waals surface area contributed by atoms with Crippen LogP contribution in [0.15, 0.2) is 48.6 Å². The number of hydrogen-bond donors (Lipinski definition) is 0. The van der Waals surface area contributed by atoms with Crippen LogP contribution in [0.3, 0.4) is 0 Å². The molecule has 3 rings (SSSR count). The molecule has 0 heterocycles. The summed E-state index contributed by atoms with van der Waals surface area (Å²) in [7, 11) is 0. The molecule has 0 spiro atoms. The molecule has 2 aliphatic carbocycles. The van der Waals surface area contributed by atoms with E-state index in [4.69, 9.17) is 0 Å². The Morgan fingerprint density at radius 2 is 1.65 bits per heavy atom. The van der Waals surface area contributed by atoms with Crippen molar-refractivity contribution >= 4 is 0 Å². The highest BCUT2D eigenvalue weighted by Gasteiger charge is 2.32. The lowest BCUT2D eigenvalue weighted by Crippen LogP contribution is -2.22. The van der Waals surface area contributed by atoms with E-state index in [1.807, 2.05) is 6.08 Å². The number of alkyl halides is 3. The summed E-state index contributed by atoms with van der Waals surface area (Å²) in [6.07, 6.45) is 10.9. The molecule has 3 heteroatoms. The molecule has 0 aromatic heterocycles. The quantitative estimate of drug-likeness (QED) is 0.471. The zero-order valence-electron chi connectivity index (χ0n) is 15.4. The van der Waals surface area contributed by atoms with E-state index in [2.05, 4.69) is 12.7 Å². The van der Waals surface area contributed by atoms with Crippen molar-refractivity contribution in [2.24, 2.45) is 11.8 Å². The summed E-state index contributed by atoms with van der Waals surface area (Å²) >= 11 is 0. The van der Waals surface area contributed by atoms with Gasteiger partial charge in [0.2, 0.25) is 0 Å². The Kier molecular flexibility index (Phi) is 6.26. The minimum Gasteiger partial charge on any atom is -0.166 e. The summed E-state index contributed by atoms with van der Waals surface area (Å²) in [5.41, 5.74) is 2.13. The molecule has 1 aromatic carbocycles. The normalized spacial score (nSPS) is 27.0. The fourth-order valence-corrected chi connectivity index (χ4v) is 4.72. The van der Waals surface area contributed by atoms with Crippen LogP contribution in [0.2, 0.25) is 0 Å². The Morgan fingerprint density at radius 3 is 2.19 bits per heavy atom. The van der Waals surface area contributed by atoms with Crippen molar-refractivity contribution in [3.8, 4) is 0 Å². The first-order valence-corrected chi connectivity index (χ1v) is 9.93. The van der Waals surface area contributed by atoms with E-state index in [0.717, 1.165) is 43.1 Å². The maximum absolute atomic E-state index is 12.7. The summed E-state index contributed by atoms with van der Waals surface area (Å²) in [6.45, 7) is 3.80. The van der Waals surface area contributed by atoms with Gasteiger partial charge in [0.25, 0.3) is 0 Å². The van der Waals surface area contributed by atoms with Crippen molar-refractivity contribution in [1.82, 2.24) is 0 Å². The summed E-state index contributed by atoms with van der Waals surface area (Å²) < 4.78 is 38.1. The molecule has 1 saturated carbocycles. The number of benzene rings is 1. The van der Waals surface area contributed by atoms with Crippen molar-refractivity contribution in [2.45, 2.75) is 69.9 Å². The van der Waals surface area contributed by atoms with Crippen LogP contribution in [-0.4, -0.2) is 0 Å². The molecular weight excluding hydrogens is 333 g/mol. The largest absolute Gasteiger partial charge is 0.416 e. The standard InChI is InChI=1S/C23H29F3/c1-2-3-4-17-5-7-18(8-6-17)19-9-11-20(12-10-19)21-13-15-22(16-14-21)23(24,25)26/h2,5,13-16,18-20H,1,3-4,6-12H2. The van der Waals surface area contributed by atoms with E-state index in [1.54, 1.807) is 17.7 Å². The summed E-state index contributed by atoms with van der Waals surface area (Å²) in [6, 6.07) is 5.84.